The molecule has 57 heavy (non-hydrogen) atoms. The van der Waals surface area contributed by atoms with Gasteiger partial charge in [0, 0.05) is 41.1 Å². The molecule has 2 aliphatic carbocycles. The van der Waals surface area contributed by atoms with Crippen molar-refractivity contribution in [3.8, 4) is 0 Å². The second-order valence-corrected chi connectivity index (χ2v) is 17.9. The van der Waals surface area contributed by atoms with Crippen LogP contribution in [0.5, 0.6) is 0 Å². The van der Waals surface area contributed by atoms with Gasteiger partial charge >= 0.3 is 5.97 Å². The van der Waals surface area contributed by atoms with Gasteiger partial charge in [-0.2, -0.15) is 0 Å². The minimum atomic E-state index is -1.13. The Hall–Kier alpha value is -1.73. The van der Waals surface area contributed by atoms with Crippen LogP contribution in [0.25, 0.3) is 0 Å². The van der Waals surface area contributed by atoms with Gasteiger partial charge in [-0.25, -0.2) is 0 Å². The third-order valence-corrected chi connectivity index (χ3v) is 14.6. The van der Waals surface area contributed by atoms with Gasteiger partial charge in [0.15, 0.2) is 18.9 Å². The molecule has 0 aromatic rings. The molecule has 6 fully saturated rings. The number of rotatable bonds is 9. The van der Waals surface area contributed by atoms with E-state index in [9.17, 15) is 15.0 Å². The highest BCUT2D eigenvalue weighted by atomic mass is 16.8. The normalized spacial score (nSPS) is 51.2. The Morgan fingerprint density at radius 2 is 1.51 bits per heavy atom. The van der Waals surface area contributed by atoms with E-state index >= 15 is 0 Å². The fourth-order valence-electron chi connectivity index (χ4n) is 11.3. The van der Waals surface area contributed by atoms with E-state index in [-0.39, 0.29) is 47.4 Å². The van der Waals surface area contributed by atoms with E-state index in [2.05, 4.69) is 13.0 Å². The Morgan fingerprint density at radius 3 is 2.25 bits per heavy atom. The summed E-state index contributed by atoms with van der Waals surface area (Å²) in [7, 11) is 4.74. The van der Waals surface area contributed by atoms with Crippen LogP contribution >= 0.6 is 0 Å². The third-order valence-electron chi connectivity index (χ3n) is 14.6. The van der Waals surface area contributed by atoms with E-state index in [4.69, 9.17) is 56.8 Å². The Morgan fingerprint density at radius 1 is 0.807 bits per heavy atom. The zero-order valence-corrected chi connectivity index (χ0v) is 34.6. The summed E-state index contributed by atoms with van der Waals surface area (Å²) >= 11 is 0. The van der Waals surface area contributed by atoms with Crippen LogP contribution in [0.15, 0.2) is 23.5 Å². The summed E-state index contributed by atoms with van der Waals surface area (Å²) in [6.45, 7) is 10.2. The molecule has 15 nitrogen and oxygen atoms in total. The first-order valence-corrected chi connectivity index (χ1v) is 21.0. The van der Waals surface area contributed by atoms with E-state index in [1.165, 1.54) is 11.1 Å². The van der Waals surface area contributed by atoms with Crippen LogP contribution in [0, 0.1) is 23.2 Å². The smallest absolute Gasteiger partial charge is 0.309 e. The Bertz CT molecular complexity index is 1510. The van der Waals surface area contributed by atoms with Gasteiger partial charge in [-0.05, 0) is 76.2 Å². The molecule has 8 rings (SSSR count). The van der Waals surface area contributed by atoms with Gasteiger partial charge in [-0.3, -0.25) is 4.79 Å². The van der Waals surface area contributed by atoms with Crippen molar-refractivity contribution in [3.05, 3.63) is 23.5 Å². The molecule has 2 N–H and O–H groups in total. The quantitative estimate of drug-likeness (QED) is 0.256. The molecular weight excluding hydrogens is 744 g/mol. The molecule has 0 aromatic carbocycles. The molecule has 6 aliphatic heterocycles. The van der Waals surface area contributed by atoms with Crippen molar-refractivity contribution in [1.82, 2.24) is 0 Å². The molecule has 1 saturated carbocycles. The maximum Gasteiger partial charge on any atom is 0.309 e. The van der Waals surface area contributed by atoms with E-state index in [1.807, 2.05) is 27.0 Å². The molecule has 0 radical (unpaired) electrons. The molecular formula is C42H64O15. The number of carbonyl (C=O) groups is 1. The number of aliphatic hydroxyl groups is 2. The molecule has 8 aliphatic rings. The molecule has 0 amide bonds. The summed E-state index contributed by atoms with van der Waals surface area (Å²) in [6.07, 6.45) is 0.723. The van der Waals surface area contributed by atoms with Crippen LogP contribution in [0.3, 0.4) is 0 Å². The Kier molecular flexibility index (Phi) is 12.2. The van der Waals surface area contributed by atoms with Crippen LogP contribution in [0.1, 0.15) is 86.0 Å². The first kappa shape index (κ1) is 42.0. The van der Waals surface area contributed by atoms with Crippen molar-refractivity contribution in [2.24, 2.45) is 23.2 Å². The van der Waals surface area contributed by atoms with E-state index < -0.39 is 79.6 Å². The standard InChI is InChI=1S/C42H64O15/c1-20-34(43)28(46-6)16-31(51-20)56-36-21(2)52-32(17-29(36)47-7)57-37-22(3)53-40(35(44)38(37)48-8)54-25-13-14-41(4)24(15-25)10-11-26-27(41)12-9-23-18-49-42(5)33(23)30(19-50-42)55-39(26)45/h10,18,20-22,25-38,40,43-44H,9,11-17,19H2,1-8H3/t20-,21+,22-,25+,26-,27+,28+,29+,30-,31+,32+,33+,34-,35-,36+,37-,38-,40+,41+,42+/m1/s1. The molecule has 0 bridgehead atoms. The number of esters is 1. The lowest BCUT2D eigenvalue weighted by atomic mass is 9.55. The Balaban J connectivity index is 0.877. The average molecular weight is 809 g/mol. The highest BCUT2D eigenvalue weighted by Crippen LogP contribution is 2.57. The largest absolute Gasteiger partial charge is 0.469 e. The summed E-state index contributed by atoms with van der Waals surface area (Å²) in [5.74, 6) is -1.07. The molecule has 0 unspecified atom stereocenters. The lowest BCUT2D eigenvalue weighted by molar-refractivity contribution is -0.353. The first-order valence-electron chi connectivity index (χ1n) is 21.0. The molecule has 20 atom stereocenters. The summed E-state index contributed by atoms with van der Waals surface area (Å²) < 4.78 is 73.4. The predicted molar refractivity (Wildman–Crippen MR) is 199 cm³/mol. The SMILES string of the molecule is CO[C@@H]1[C@@H](O)[C@H](O[C@H]2CC[C@@]3(C)C(=CC[C@H]4C(=O)O[C@@H]5CO[C@]6(C)OC=C(CC[C@@H]43)[C@@H]56)C2)O[C@H](C)[C@H]1O[C@H]1C[C@H](OC)[C@@H](O[C@H]2C[C@H](OC)[C@H](O)[C@@H](C)O2)[C@H](C)O1. The van der Waals surface area contributed by atoms with Crippen LogP contribution in [-0.4, -0.2) is 142 Å². The zero-order chi connectivity index (χ0) is 40.4. The summed E-state index contributed by atoms with van der Waals surface area (Å²) in [4.78, 5) is 13.7. The second kappa shape index (κ2) is 16.6. The van der Waals surface area contributed by atoms with Gasteiger partial charge in [0.2, 0.25) is 5.79 Å². The van der Waals surface area contributed by atoms with E-state index in [0.29, 0.717) is 32.3 Å². The van der Waals surface area contributed by atoms with Crippen molar-refractivity contribution >= 4 is 5.97 Å². The third kappa shape index (κ3) is 7.76. The van der Waals surface area contributed by atoms with Crippen molar-refractivity contribution in [2.45, 2.75) is 184 Å². The fraction of sp³-hybridized carbons (Fsp3) is 0.881. The average Bonchev–Trinajstić information content (AvgIpc) is 3.70. The van der Waals surface area contributed by atoms with Crippen molar-refractivity contribution in [2.75, 3.05) is 27.9 Å². The van der Waals surface area contributed by atoms with Crippen LogP contribution < -0.4 is 0 Å². The molecule has 0 aromatic heterocycles. The van der Waals surface area contributed by atoms with E-state index in [0.717, 1.165) is 25.7 Å². The van der Waals surface area contributed by atoms with Gasteiger partial charge in [-0.1, -0.05) is 18.6 Å². The number of hydrogen-bond acceptors (Lipinski definition) is 15. The number of methoxy groups -OCH3 is 3. The van der Waals surface area contributed by atoms with Crippen LogP contribution in [-0.2, 0) is 61.6 Å². The minimum Gasteiger partial charge on any atom is -0.469 e. The Labute approximate surface area is 335 Å². The lowest BCUT2D eigenvalue weighted by Crippen LogP contribution is -2.61. The van der Waals surface area contributed by atoms with Crippen molar-refractivity contribution in [1.29, 1.82) is 0 Å². The molecule has 0 spiro atoms. The van der Waals surface area contributed by atoms with Gasteiger partial charge in [0.25, 0.3) is 0 Å². The summed E-state index contributed by atoms with van der Waals surface area (Å²) in [5, 5.41) is 22.0. The number of ether oxygens (including phenoxy) is 12. The molecule has 322 valence electrons. The number of fused-ring (bicyclic) bond motifs is 3. The number of aliphatic hydroxyl groups excluding tert-OH is 2. The van der Waals surface area contributed by atoms with Gasteiger partial charge in [0.1, 0.15) is 36.6 Å². The maximum atomic E-state index is 13.7. The second-order valence-electron chi connectivity index (χ2n) is 17.9. The van der Waals surface area contributed by atoms with Crippen LogP contribution in [0.2, 0.25) is 0 Å². The van der Waals surface area contributed by atoms with E-state index in [1.54, 1.807) is 28.3 Å². The molecule has 5 saturated heterocycles. The number of carbonyl (C=O) groups excluding carboxylic acids is 1. The monoisotopic (exact) mass is 808 g/mol. The first-order chi connectivity index (χ1) is 27.3. The number of hydrogen-bond donors (Lipinski definition) is 2. The minimum absolute atomic E-state index is 0.0721. The maximum absolute atomic E-state index is 13.7. The number of allylic oxidation sites excluding steroid dienone is 1. The summed E-state index contributed by atoms with van der Waals surface area (Å²) in [5.41, 5.74) is 2.27. The topological polar surface area (TPSA) is 168 Å². The summed E-state index contributed by atoms with van der Waals surface area (Å²) in [6, 6.07) is 0. The van der Waals surface area contributed by atoms with Gasteiger partial charge in [-0.15, -0.1) is 0 Å². The van der Waals surface area contributed by atoms with Gasteiger partial charge < -0.3 is 67.1 Å². The van der Waals surface area contributed by atoms with Gasteiger partial charge in [0.05, 0.1) is 61.3 Å². The lowest BCUT2D eigenvalue weighted by Gasteiger charge is -2.51. The van der Waals surface area contributed by atoms with Crippen molar-refractivity contribution < 1.29 is 71.8 Å². The molecule has 15 heteroatoms. The predicted octanol–water partition coefficient (Wildman–Crippen LogP) is 3.66. The molecule has 6 heterocycles. The van der Waals surface area contributed by atoms with Crippen LogP contribution in [0.4, 0.5) is 0 Å². The van der Waals surface area contributed by atoms with Crippen molar-refractivity contribution in [3.63, 3.8) is 0 Å². The highest BCUT2D eigenvalue weighted by molar-refractivity contribution is 5.74. The fourth-order valence-corrected chi connectivity index (χ4v) is 11.3. The highest BCUT2D eigenvalue weighted by Gasteiger charge is 2.58. The zero-order valence-electron chi connectivity index (χ0n) is 34.6.